The van der Waals surface area contributed by atoms with Crippen LogP contribution in [0.5, 0.6) is 0 Å². The number of anilines is 1. The maximum Gasteiger partial charge on any atom is 0.229 e. The average molecular weight is 395 g/mol. The maximum absolute atomic E-state index is 5.49. The number of piperidine rings is 1. The van der Waals surface area contributed by atoms with E-state index in [0.29, 0.717) is 11.8 Å². The molecule has 0 bridgehead atoms. The lowest BCUT2D eigenvalue weighted by molar-refractivity contribution is 0.326. The molecule has 0 N–H and O–H groups in total. The maximum atomic E-state index is 5.49. The van der Waals surface area contributed by atoms with E-state index in [2.05, 4.69) is 41.0 Å². The quantitative estimate of drug-likeness (QED) is 0.512. The van der Waals surface area contributed by atoms with Crippen LogP contribution in [0.15, 0.2) is 41.1 Å². The standard InChI is InChI=1S/C20H22N6OS/c1-13(2)17-22-18(27-24-17)15-8-10-25(11-9-15)20-23-26-12-16(21-19(26)28-20)14-6-4-3-5-7-14/h3-7,12-13,15H,8-11H2,1-2H3. The summed E-state index contributed by atoms with van der Waals surface area (Å²) in [7, 11) is 0. The molecule has 3 aromatic heterocycles. The molecule has 0 saturated carbocycles. The van der Waals surface area contributed by atoms with E-state index in [1.165, 1.54) is 0 Å². The van der Waals surface area contributed by atoms with Crippen LogP contribution in [0.25, 0.3) is 16.2 Å². The zero-order valence-corrected chi connectivity index (χ0v) is 16.8. The Morgan fingerprint density at radius 1 is 1.11 bits per heavy atom. The van der Waals surface area contributed by atoms with E-state index in [-0.39, 0.29) is 0 Å². The van der Waals surface area contributed by atoms with Gasteiger partial charge in [-0.2, -0.15) is 4.98 Å². The fourth-order valence-corrected chi connectivity index (χ4v) is 4.47. The minimum atomic E-state index is 0.296. The number of rotatable bonds is 4. The van der Waals surface area contributed by atoms with Gasteiger partial charge in [-0.25, -0.2) is 9.50 Å². The molecule has 0 aliphatic carbocycles. The highest BCUT2D eigenvalue weighted by Gasteiger charge is 2.27. The lowest BCUT2D eigenvalue weighted by Gasteiger charge is -2.29. The van der Waals surface area contributed by atoms with Crippen molar-refractivity contribution in [1.29, 1.82) is 0 Å². The Hall–Kier alpha value is -2.74. The molecule has 1 aliphatic rings. The van der Waals surface area contributed by atoms with E-state index in [4.69, 9.17) is 14.6 Å². The molecule has 0 atom stereocenters. The van der Waals surface area contributed by atoms with Crippen LogP contribution in [0.4, 0.5) is 5.13 Å². The molecule has 5 rings (SSSR count). The van der Waals surface area contributed by atoms with E-state index in [0.717, 1.165) is 59.0 Å². The lowest BCUT2D eigenvalue weighted by atomic mass is 9.97. The SMILES string of the molecule is CC(C)c1noc(C2CCN(c3nn4cc(-c5ccccc5)nc4s3)CC2)n1. The summed E-state index contributed by atoms with van der Waals surface area (Å²) in [6.45, 7) is 6.04. The van der Waals surface area contributed by atoms with Crippen molar-refractivity contribution in [2.45, 2.75) is 38.5 Å². The Morgan fingerprint density at radius 2 is 1.89 bits per heavy atom. The summed E-state index contributed by atoms with van der Waals surface area (Å²) in [6.07, 6.45) is 4.00. The van der Waals surface area contributed by atoms with Gasteiger partial charge in [-0.15, -0.1) is 5.10 Å². The summed E-state index contributed by atoms with van der Waals surface area (Å²) in [5.41, 5.74) is 2.07. The summed E-state index contributed by atoms with van der Waals surface area (Å²) in [6, 6.07) is 10.2. The molecule has 8 heteroatoms. The second-order valence-corrected chi connectivity index (χ2v) is 8.45. The second-order valence-electron chi connectivity index (χ2n) is 7.51. The first-order valence-electron chi connectivity index (χ1n) is 9.67. The molecule has 144 valence electrons. The largest absolute Gasteiger partial charge is 0.347 e. The Balaban J connectivity index is 1.28. The number of benzene rings is 1. The van der Waals surface area contributed by atoms with Gasteiger partial charge in [0.05, 0.1) is 11.9 Å². The predicted molar refractivity (Wildman–Crippen MR) is 109 cm³/mol. The third-order valence-corrected chi connectivity index (χ3v) is 6.17. The van der Waals surface area contributed by atoms with Gasteiger partial charge in [0.25, 0.3) is 0 Å². The summed E-state index contributed by atoms with van der Waals surface area (Å²) in [5, 5.41) is 9.88. The van der Waals surface area contributed by atoms with Crippen LogP contribution < -0.4 is 4.90 Å². The molecule has 1 aromatic carbocycles. The van der Waals surface area contributed by atoms with Crippen molar-refractivity contribution in [2.24, 2.45) is 0 Å². The molecule has 0 radical (unpaired) electrons. The van der Waals surface area contributed by atoms with Gasteiger partial charge in [0, 0.05) is 30.5 Å². The Bertz CT molecular complexity index is 1040. The minimum absolute atomic E-state index is 0.296. The fraction of sp³-hybridized carbons (Fsp3) is 0.400. The fourth-order valence-electron chi connectivity index (χ4n) is 3.53. The molecule has 28 heavy (non-hydrogen) atoms. The van der Waals surface area contributed by atoms with Crippen LogP contribution in [-0.2, 0) is 0 Å². The van der Waals surface area contributed by atoms with Crippen LogP contribution in [0, 0.1) is 0 Å². The highest BCUT2D eigenvalue weighted by atomic mass is 32.1. The van der Waals surface area contributed by atoms with Crippen molar-refractivity contribution < 1.29 is 4.52 Å². The van der Waals surface area contributed by atoms with Gasteiger partial charge in [0.2, 0.25) is 16.0 Å². The molecular weight excluding hydrogens is 372 g/mol. The van der Waals surface area contributed by atoms with E-state index < -0.39 is 0 Å². The third-order valence-electron chi connectivity index (χ3n) is 5.19. The summed E-state index contributed by atoms with van der Waals surface area (Å²) in [5.74, 6) is 2.22. The van der Waals surface area contributed by atoms with Crippen molar-refractivity contribution in [1.82, 2.24) is 24.7 Å². The number of imidazole rings is 1. The summed E-state index contributed by atoms with van der Waals surface area (Å²) < 4.78 is 7.38. The van der Waals surface area contributed by atoms with Crippen LogP contribution in [0.1, 0.15) is 50.2 Å². The first kappa shape index (κ1) is 17.4. The summed E-state index contributed by atoms with van der Waals surface area (Å²) in [4.78, 5) is 12.6. The molecule has 1 fully saturated rings. The molecule has 4 heterocycles. The van der Waals surface area contributed by atoms with Gasteiger partial charge in [-0.1, -0.05) is 60.7 Å². The first-order valence-corrected chi connectivity index (χ1v) is 10.5. The summed E-state index contributed by atoms with van der Waals surface area (Å²) >= 11 is 1.64. The molecule has 0 spiro atoms. The predicted octanol–water partition coefficient (Wildman–Crippen LogP) is 4.35. The normalized spacial score (nSPS) is 15.8. The number of fused-ring (bicyclic) bond motifs is 1. The van der Waals surface area contributed by atoms with E-state index >= 15 is 0 Å². The number of nitrogens with zero attached hydrogens (tertiary/aromatic N) is 6. The average Bonchev–Trinajstić information content (AvgIpc) is 3.43. The van der Waals surface area contributed by atoms with Crippen molar-refractivity contribution in [3.8, 4) is 11.3 Å². The zero-order valence-electron chi connectivity index (χ0n) is 15.9. The topological polar surface area (TPSA) is 72.4 Å². The Kier molecular flexibility index (Phi) is 4.35. The van der Waals surface area contributed by atoms with Gasteiger partial charge in [-0.3, -0.25) is 0 Å². The molecule has 1 saturated heterocycles. The van der Waals surface area contributed by atoms with Crippen LogP contribution in [0.3, 0.4) is 0 Å². The molecule has 1 aliphatic heterocycles. The molecular formula is C20H22N6OS. The van der Waals surface area contributed by atoms with Crippen LogP contribution in [0.2, 0.25) is 0 Å². The molecule has 0 unspecified atom stereocenters. The van der Waals surface area contributed by atoms with Gasteiger partial charge in [-0.05, 0) is 12.8 Å². The van der Waals surface area contributed by atoms with Crippen LogP contribution in [-0.4, -0.2) is 37.8 Å². The van der Waals surface area contributed by atoms with Gasteiger partial charge < -0.3 is 9.42 Å². The highest BCUT2D eigenvalue weighted by molar-refractivity contribution is 7.20. The Morgan fingerprint density at radius 3 is 2.57 bits per heavy atom. The van der Waals surface area contributed by atoms with Crippen molar-refractivity contribution in [2.75, 3.05) is 18.0 Å². The van der Waals surface area contributed by atoms with Crippen molar-refractivity contribution in [3.05, 3.63) is 48.2 Å². The third kappa shape index (κ3) is 3.17. The second kappa shape index (κ2) is 7.01. The molecule has 7 nitrogen and oxygen atoms in total. The smallest absolute Gasteiger partial charge is 0.229 e. The number of hydrogen-bond acceptors (Lipinski definition) is 7. The minimum Gasteiger partial charge on any atom is -0.347 e. The molecule has 0 amide bonds. The van der Waals surface area contributed by atoms with E-state index in [9.17, 15) is 0 Å². The highest BCUT2D eigenvalue weighted by Crippen LogP contribution is 2.33. The number of hydrogen-bond donors (Lipinski definition) is 0. The van der Waals surface area contributed by atoms with Crippen molar-refractivity contribution in [3.63, 3.8) is 0 Å². The van der Waals surface area contributed by atoms with E-state index in [1.54, 1.807) is 11.3 Å². The van der Waals surface area contributed by atoms with E-state index in [1.807, 2.05) is 28.9 Å². The van der Waals surface area contributed by atoms with Crippen LogP contribution >= 0.6 is 11.3 Å². The first-order chi connectivity index (χ1) is 13.7. The van der Waals surface area contributed by atoms with Gasteiger partial charge in [0.1, 0.15) is 0 Å². The Labute approximate surface area is 167 Å². The zero-order chi connectivity index (χ0) is 19.1. The van der Waals surface area contributed by atoms with Gasteiger partial charge >= 0.3 is 0 Å². The van der Waals surface area contributed by atoms with Gasteiger partial charge in [0.15, 0.2) is 5.82 Å². The monoisotopic (exact) mass is 394 g/mol. The molecule has 4 aromatic rings. The van der Waals surface area contributed by atoms with Crippen molar-refractivity contribution >= 4 is 21.4 Å². The number of aromatic nitrogens is 5. The lowest BCUT2D eigenvalue weighted by Crippen LogP contribution is -2.33.